The van der Waals surface area contributed by atoms with Gasteiger partial charge in [0.2, 0.25) is 5.91 Å². The Kier molecular flexibility index (Phi) is 4.53. The Morgan fingerprint density at radius 2 is 1.94 bits per heavy atom. The zero-order valence-corrected chi connectivity index (χ0v) is 10.7. The van der Waals surface area contributed by atoms with Crippen molar-refractivity contribution < 1.29 is 4.79 Å². The van der Waals surface area contributed by atoms with E-state index in [9.17, 15) is 4.79 Å². The molecule has 1 aliphatic rings. The second-order valence-corrected chi connectivity index (χ2v) is 4.64. The molecule has 0 saturated carbocycles. The van der Waals surface area contributed by atoms with Gasteiger partial charge >= 0.3 is 0 Å². The highest BCUT2D eigenvalue weighted by Crippen LogP contribution is 2.09. The molecule has 0 unspecified atom stereocenters. The number of carbonyl (C=O) groups excluding carboxylic acids is 1. The van der Waals surface area contributed by atoms with Crippen LogP contribution in [-0.2, 0) is 11.3 Å². The van der Waals surface area contributed by atoms with Crippen LogP contribution in [-0.4, -0.2) is 41.9 Å². The second-order valence-electron chi connectivity index (χ2n) is 4.64. The lowest BCUT2D eigenvalue weighted by Crippen LogP contribution is -2.33. The third kappa shape index (κ3) is 3.44. The fourth-order valence-electron chi connectivity index (χ4n) is 2.32. The summed E-state index contributed by atoms with van der Waals surface area (Å²) < 4.78 is 0. The molecular weight excluding hydrogens is 224 g/mol. The number of carbonyl (C=O) groups is 1. The maximum atomic E-state index is 11.6. The second kappa shape index (κ2) is 6.36. The van der Waals surface area contributed by atoms with Crippen molar-refractivity contribution in [3.8, 4) is 0 Å². The summed E-state index contributed by atoms with van der Waals surface area (Å²) in [6.45, 7) is 8.15. The number of benzene rings is 1. The topological polar surface area (TPSA) is 23.6 Å². The fraction of sp³-hybridized carbons (Fsp3) is 0.400. The van der Waals surface area contributed by atoms with Crippen molar-refractivity contribution >= 4 is 5.91 Å². The number of hydrogen-bond donors (Lipinski definition) is 0. The molecular formula is C15H20N2O. The third-order valence-corrected chi connectivity index (χ3v) is 3.32. The average molecular weight is 244 g/mol. The number of rotatable bonds is 3. The van der Waals surface area contributed by atoms with Gasteiger partial charge in [-0.05, 0) is 18.1 Å². The molecule has 1 aromatic carbocycles. The van der Waals surface area contributed by atoms with Gasteiger partial charge in [0.25, 0.3) is 0 Å². The summed E-state index contributed by atoms with van der Waals surface area (Å²) in [5.74, 6) is 0.0524. The molecule has 96 valence electrons. The zero-order chi connectivity index (χ0) is 12.8. The van der Waals surface area contributed by atoms with Crippen LogP contribution in [0.3, 0.4) is 0 Å². The summed E-state index contributed by atoms with van der Waals surface area (Å²) in [6.07, 6.45) is 2.44. The summed E-state index contributed by atoms with van der Waals surface area (Å²) in [7, 11) is 0. The molecule has 2 rings (SSSR count). The summed E-state index contributed by atoms with van der Waals surface area (Å²) in [6, 6.07) is 10.5. The van der Waals surface area contributed by atoms with Gasteiger partial charge in [0.05, 0.1) is 0 Å². The Morgan fingerprint density at radius 3 is 2.67 bits per heavy atom. The molecule has 3 nitrogen and oxygen atoms in total. The number of hydrogen-bond acceptors (Lipinski definition) is 2. The van der Waals surface area contributed by atoms with Crippen LogP contribution in [0.1, 0.15) is 12.0 Å². The number of nitrogens with zero attached hydrogens (tertiary/aromatic N) is 2. The highest BCUT2D eigenvalue weighted by molar-refractivity contribution is 5.86. The summed E-state index contributed by atoms with van der Waals surface area (Å²) in [5.41, 5.74) is 1.33. The standard InChI is InChI=1S/C15H20N2O/c1-2-15(18)17-10-6-9-16(11-12-17)13-14-7-4-3-5-8-14/h2-5,7-8H,1,6,9-13H2. The van der Waals surface area contributed by atoms with Crippen LogP contribution in [0, 0.1) is 0 Å². The van der Waals surface area contributed by atoms with E-state index in [1.54, 1.807) is 0 Å². The Balaban J connectivity index is 1.89. The predicted molar refractivity (Wildman–Crippen MR) is 73.1 cm³/mol. The maximum Gasteiger partial charge on any atom is 0.245 e. The normalized spacial score (nSPS) is 17.2. The highest BCUT2D eigenvalue weighted by atomic mass is 16.2. The van der Waals surface area contributed by atoms with Gasteiger partial charge in [0.1, 0.15) is 0 Å². The van der Waals surface area contributed by atoms with E-state index in [1.165, 1.54) is 11.6 Å². The maximum absolute atomic E-state index is 11.6. The van der Waals surface area contributed by atoms with Gasteiger partial charge in [-0.1, -0.05) is 36.9 Å². The van der Waals surface area contributed by atoms with Crippen LogP contribution in [0.4, 0.5) is 0 Å². The van der Waals surface area contributed by atoms with Gasteiger partial charge in [-0.15, -0.1) is 0 Å². The van der Waals surface area contributed by atoms with E-state index in [1.807, 2.05) is 11.0 Å². The molecule has 0 aromatic heterocycles. The van der Waals surface area contributed by atoms with Crippen molar-refractivity contribution in [3.05, 3.63) is 48.6 Å². The summed E-state index contributed by atoms with van der Waals surface area (Å²) >= 11 is 0. The van der Waals surface area contributed by atoms with Crippen LogP contribution in [0.5, 0.6) is 0 Å². The Bertz CT molecular complexity index is 402. The van der Waals surface area contributed by atoms with Gasteiger partial charge in [0.15, 0.2) is 0 Å². The van der Waals surface area contributed by atoms with E-state index in [0.717, 1.165) is 39.1 Å². The Labute approximate surface area is 109 Å². The minimum Gasteiger partial charge on any atom is -0.338 e. The molecule has 0 N–H and O–H groups in total. The lowest BCUT2D eigenvalue weighted by Gasteiger charge is -2.21. The highest BCUT2D eigenvalue weighted by Gasteiger charge is 2.16. The molecule has 0 atom stereocenters. The van der Waals surface area contributed by atoms with Crippen molar-refractivity contribution in [3.63, 3.8) is 0 Å². The first-order valence-electron chi connectivity index (χ1n) is 6.47. The van der Waals surface area contributed by atoms with Gasteiger partial charge in [-0.25, -0.2) is 0 Å². The van der Waals surface area contributed by atoms with Crippen LogP contribution in [0.15, 0.2) is 43.0 Å². The lowest BCUT2D eigenvalue weighted by atomic mass is 10.2. The first kappa shape index (κ1) is 12.8. The first-order valence-corrected chi connectivity index (χ1v) is 6.47. The Hall–Kier alpha value is -1.61. The summed E-state index contributed by atoms with van der Waals surface area (Å²) in [5, 5.41) is 0. The van der Waals surface area contributed by atoms with Crippen molar-refractivity contribution in [2.75, 3.05) is 26.2 Å². The molecule has 1 saturated heterocycles. The quantitative estimate of drug-likeness (QED) is 0.758. The smallest absolute Gasteiger partial charge is 0.245 e. The van der Waals surface area contributed by atoms with E-state index in [-0.39, 0.29) is 5.91 Å². The van der Waals surface area contributed by atoms with Crippen molar-refractivity contribution in [1.29, 1.82) is 0 Å². The van der Waals surface area contributed by atoms with Gasteiger partial charge < -0.3 is 4.90 Å². The number of amides is 1. The van der Waals surface area contributed by atoms with E-state index < -0.39 is 0 Å². The first-order chi connectivity index (χ1) is 8.79. The monoisotopic (exact) mass is 244 g/mol. The van der Waals surface area contributed by atoms with Crippen molar-refractivity contribution in [2.24, 2.45) is 0 Å². The van der Waals surface area contributed by atoms with Crippen LogP contribution in [0.25, 0.3) is 0 Å². The van der Waals surface area contributed by atoms with Gasteiger partial charge in [-0.2, -0.15) is 0 Å². The van der Waals surface area contributed by atoms with E-state index in [2.05, 4.69) is 35.7 Å². The van der Waals surface area contributed by atoms with Gasteiger partial charge in [-0.3, -0.25) is 9.69 Å². The molecule has 0 radical (unpaired) electrons. The molecule has 18 heavy (non-hydrogen) atoms. The largest absolute Gasteiger partial charge is 0.338 e. The van der Waals surface area contributed by atoms with Crippen LogP contribution < -0.4 is 0 Å². The molecule has 0 aliphatic carbocycles. The fourth-order valence-corrected chi connectivity index (χ4v) is 2.32. The molecule has 1 heterocycles. The van der Waals surface area contributed by atoms with Crippen LogP contribution in [0.2, 0.25) is 0 Å². The van der Waals surface area contributed by atoms with Crippen LogP contribution >= 0.6 is 0 Å². The summed E-state index contributed by atoms with van der Waals surface area (Å²) in [4.78, 5) is 15.9. The molecule has 1 fully saturated rings. The molecule has 3 heteroatoms. The van der Waals surface area contributed by atoms with Crippen molar-refractivity contribution in [2.45, 2.75) is 13.0 Å². The van der Waals surface area contributed by atoms with E-state index in [4.69, 9.17) is 0 Å². The molecule has 1 aliphatic heterocycles. The minimum atomic E-state index is 0.0524. The SMILES string of the molecule is C=CC(=O)N1CCCN(Cc2ccccc2)CC1. The zero-order valence-electron chi connectivity index (χ0n) is 10.7. The van der Waals surface area contributed by atoms with E-state index in [0.29, 0.717) is 0 Å². The third-order valence-electron chi connectivity index (χ3n) is 3.32. The average Bonchev–Trinajstić information content (AvgIpc) is 2.65. The van der Waals surface area contributed by atoms with E-state index >= 15 is 0 Å². The molecule has 0 bridgehead atoms. The molecule has 0 spiro atoms. The minimum absolute atomic E-state index is 0.0524. The predicted octanol–water partition coefficient (Wildman–Crippen LogP) is 1.91. The molecule has 1 amide bonds. The Morgan fingerprint density at radius 1 is 1.17 bits per heavy atom. The lowest BCUT2D eigenvalue weighted by molar-refractivity contribution is -0.125. The molecule has 1 aromatic rings. The van der Waals surface area contributed by atoms with Gasteiger partial charge in [0, 0.05) is 32.7 Å². The van der Waals surface area contributed by atoms with Crippen molar-refractivity contribution in [1.82, 2.24) is 9.80 Å².